The van der Waals surface area contributed by atoms with Crippen LogP contribution in [0.15, 0.2) is 0 Å². The summed E-state index contributed by atoms with van der Waals surface area (Å²) >= 11 is 0. The van der Waals surface area contributed by atoms with E-state index in [1.165, 1.54) is 19.3 Å². The van der Waals surface area contributed by atoms with Gasteiger partial charge in [0.25, 0.3) is 0 Å². The smallest absolute Gasteiger partial charge is 0.151 e. The zero-order valence-corrected chi connectivity index (χ0v) is 8.55. The fraction of sp³-hybridized carbons (Fsp3) is 1.00. The van der Waals surface area contributed by atoms with Crippen molar-refractivity contribution >= 4 is 0 Å². The van der Waals surface area contributed by atoms with Crippen molar-refractivity contribution in [3.05, 3.63) is 0 Å². The molecular formula is C10H22O2. The second-order valence-corrected chi connectivity index (χ2v) is 3.35. The average Bonchev–Trinajstić information content (AvgIpc) is 2.05. The van der Waals surface area contributed by atoms with Crippen LogP contribution in [-0.2, 0) is 4.74 Å². The van der Waals surface area contributed by atoms with Crippen molar-refractivity contribution in [1.82, 2.24) is 0 Å². The lowest BCUT2D eigenvalue weighted by Gasteiger charge is -2.15. The van der Waals surface area contributed by atoms with Gasteiger partial charge in [-0.3, -0.25) is 0 Å². The molecule has 2 heteroatoms. The number of aliphatic hydroxyl groups excluding tert-OH is 1. The van der Waals surface area contributed by atoms with Gasteiger partial charge in [-0.15, -0.1) is 0 Å². The molecule has 0 saturated heterocycles. The molecule has 2 unspecified atom stereocenters. The Balaban J connectivity index is 3.39. The largest absolute Gasteiger partial charge is 0.368 e. The van der Waals surface area contributed by atoms with Gasteiger partial charge in [0.15, 0.2) is 6.29 Å². The maximum absolute atomic E-state index is 8.90. The predicted octanol–water partition coefficient (Wildman–Crippen LogP) is 2.56. The summed E-state index contributed by atoms with van der Waals surface area (Å²) < 4.78 is 5.15. The Morgan fingerprint density at radius 3 is 2.42 bits per heavy atom. The molecule has 12 heavy (non-hydrogen) atoms. The van der Waals surface area contributed by atoms with Crippen LogP contribution in [-0.4, -0.2) is 18.0 Å². The number of hydrogen-bond donors (Lipinski definition) is 1. The van der Waals surface area contributed by atoms with Gasteiger partial charge < -0.3 is 9.84 Å². The van der Waals surface area contributed by atoms with E-state index in [2.05, 4.69) is 13.8 Å². The minimum Gasteiger partial charge on any atom is -0.368 e. The van der Waals surface area contributed by atoms with E-state index in [1.807, 2.05) is 0 Å². The quantitative estimate of drug-likeness (QED) is 0.601. The van der Waals surface area contributed by atoms with E-state index in [0.717, 1.165) is 6.42 Å². The molecule has 0 radical (unpaired) electrons. The van der Waals surface area contributed by atoms with Gasteiger partial charge in [-0.1, -0.05) is 33.1 Å². The molecule has 0 aliphatic heterocycles. The second kappa shape index (κ2) is 7.56. The van der Waals surface area contributed by atoms with Crippen LogP contribution in [0.25, 0.3) is 0 Å². The van der Waals surface area contributed by atoms with Crippen LogP contribution in [0.5, 0.6) is 0 Å². The molecule has 0 amide bonds. The standard InChI is InChI=1S/C10H22O2/c1-4-6-7-10(5-2)8-12-9(3)11/h9-11H,4-8H2,1-3H3. The normalized spacial score (nSPS) is 16.0. The molecule has 0 aromatic heterocycles. The minimum atomic E-state index is -0.610. The van der Waals surface area contributed by atoms with Gasteiger partial charge in [0.2, 0.25) is 0 Å². The number of ether oxygens (including phenoxy) is 1. The van der Waals surface area contributed by atoms with Crippen molar-refractivity contribution in [3.63, 3.8) is 0 Å². The Kier molecular flexibility index (Phi) is 7.51. The Hall–Kier alpha value is -0.0800. The molecule has 1 N–H and O–H groups in total. The van der Waals surface area contributed by atoms with Crippen LogP contribution in [0.1, 0.15) is 46.5 Å². The fourth-order valence-electron chi connectivity index (χ4n) is 1.17. The third kappa shape index (κ3) is 6.62. The summed E-state index contributed by atoms with van der Waals surface area (Å²) in [5.41, 5.74) is 0. The van der Waals surface area contributed by atoms with E-state index in [-0.39, 0.29) is 0 Å². The highest BCUT2D eigenvalue weighted by atomic mass is 16.6. The van der Waals surface area contributed by atoms with E-state index >= 15 is 0 Å². The van der Waals surface area contributed by atoms with Crippen LogP contribution in [0.2, 0.25) is 0 Å². The molecule has 0 fully saturated rings. The number of unbranched alkanes of at least 4 members (excludes halogenated alkanes) is 1. The van der Waals surface area contributed by atoms with Crippen molar-refractivity contribution < 1.29 is 9.84 Å². The summed E-state index contributed by atoms with van der Waals surface area (Å²) in [5.74, 6) is 0.625. The zero-order chi connectivity index (χ0) is 9.40. The van der Waals surface area contributed by atoms with Gasteiger partial charge in [-0.25, -0.2) is 0 Å². The highest BCUT2D eigenvalue weighted by Crippen LogP contribution is 2.13. The number of rotatable bonds is 7. The molecule has 0 spiro atoms. The highest BCUT2D eigenvalue weighted by Gasteiger charge is 2.06. The molecule has 0 aromatic rings. The lowest BCUT2D eigenvalue weighted by atomic mass is 10.0. The van der Waals surface area contributed by atoms with Gasteiger partial charge in [0, 0.05) is 0 Å². The van der Waals surface area contributed by atoms with Crippen LogP contribution >= 0.6 is 0 Å². The van der Waals surface area contributed by atoms with Crippen molar-refractivity contribution in [3.8, 4) is 0 Å². The van der Waals surface area contributed by atoms with E-state index in [9.17, 15) is 0 Å². The predicted molar refractivity (Wildman–Crippen MR) is 50.9 cm³/mol. The molecule has 0 bridgehead atoms. The van der Waals surface area contributed by atoms with E-state index in [0.29, 0.717) is 12.5 Å². The first-order valence-corrected chi connectivity index (χ1v) is 5.00. The molecule has 0 aromatic carbocycles. The average molecular weight is 174 g/mol. The topological polar surface area (TPSA) is 29.5 Å². The Morgan fingerprint density at radius 2 is 2.00 bits per heavy atom. The molecule has 2 nitrogen and oxygen atoms in total. The summed E-state index contributed by atoms with van der Waals surface area (Å²) in [5, 5.41) is 8.90. The van der Waals surface area contributed by atoms with Crippen LogP contribution in [0.4, 0.5) is 0 Å². The zero-order valence-electron chi connectivity index (χ0n) is 8.55. The van der Waals surface area contributed by atoms with Gasteiger partial charge in [0.1, 0.15) is 0 Å². The molecule has 0 saturated carbocycles. The minimum absolute atomic E-state index is 0.610. The fourth-order valence-corrected chi connectivity index (χ4v) is 1.17. The first-order chi connectivity index (χ1) is 5.70. The SMILES string of the molecule is CCCCC(CC)COC(C)O. The summed E-state index contributed by atoms with van der Waals surface area (Å²) in [7, 11) is 0. The third-order valence-corrected chi connectivity index (χ3v) is 2.12. The highest BCUT2D eigenvalue weighted by molar-refractivity contribution is 4.55. The number of aliphatic hydroxyl groups is 1. The van der Waals surface area contributed by atoms with Gasteiger partial charge >= 0.3 is 0 Å². The Bertz CT molecular complexity index is 91.8. The molecular weight excluding hydrogens is 152 g/mol. The lowest BCUT2D eigenvalue weighted by molar-refractivity contribution is -0.0972. The summed E-state index contributed by atoms with van der Waals surface area (Å²) in [6.07, 6.45) is 4.26. The van der Waals surface area contributed by atoms with Crippen molar-refractivity contribution in [2.24, 2.45) is 5.92 Å². The second-order valence-electron chi connectivity index (χ2n) is 3.35. The van der Waals surface area contributed by atoms with Crippen molar-refractivity contribution in [2.45, 2.75) is 52.7 Å². The number of hydrogen-bond acceptors (Lipinski definition) is 2. The maximum atomic E-state index is 8.90. The van der Waals surface area contributed by atoms with Crippen LogP contribution in [0, 0.1) is 5.92 Å². The van der Waals surface area contributed by atoms with Crippen molar-refractivity contribution in [1.29, 1.82) is 0 Å². The lowest BCUT2D eigenvalue weighted by Crippen LogP contribution is -2.14. The van der Waals surface area contributed by atoms with Crippen LogP contribution in [0.3, 0.4) is 0 Å². The third-order valence-electron chi connectivity index (χ3n) is 2.12. The Morgan fingerprint density at radius 1 is 1.33 bits per heavy atom. The van der Waals surface area contributed by atoms with E-state index in [4.69, 9.17) is 9.84 Å². The van der Waals surface area contributed by atoms with E-state index in [1.54, 1.807) is 6.92 Å². The summed E-state index contributed by atoms with van der Waals surface area (Å²) in [6.45, 7) is 6.73. The van der Waals surface area contributed by atoms with Gasteiger partial charge in [-0.2, -0.15) is 0 Å². The first-order valence-electron chi connectivity index (χ1n) is 5.00. The summed E-state index contributed by atoms with van der Waals surface area (Å²) in [4.78, 5) is 0. The van der Waals surface area contributed by atoms with Gasteiger partial charge in [0.05, 0.1) is 6.61 Å². The Labute approximate surface area is 75.9 Å². The molecule has 0 rings (SSSR count). The monoisotopic (exact) mass is 174 g/mol. The maximum Gasteiger partial charge on any atom is 0.151 e. The first kappa shape index (κ1) is 11.9. The van der Waals surface area contributed by atoms with Gasteiger partial charge in [-0.05, 0) is 19.3 Å². The van der Waals surface area contributed by atoms with E-state index < -0.39 is 6.29 Å². The molecule has 0 aliphatic carbocycles. The molecule has 2 atom stereocenters. The summed E-state index contributed by atoms with van der Waals surface area (Å²) in [6, 6.07) is 0. The molecule has 0 heterocycles. The molecule has 74 valence electrons. The van der Waals surface area contributed by atoms with Crippen LogP contribution < -0.4 is 0 Å². The van der Waals surface area contributed by atoms with Crippen molar-refractivity contribution in [2.75, 3.05) is 6.61 Å². The molecule has 0 aliphatic rings.